The van der Waals surface area contributed by atoms with Crippen molar-refractivity contribution < 1.29 is 24.2 Å². The second-order valence-corrected chi connectivity index (χ2v) is 5.13. The highest BCUT2D eigenvalue weighted by Crippen LogP contribution is 2.20. The number of amides is 1. The van der Waals surface area contributed by atoms with E-state index in [1.54, 1.807) is 31.2 Å². The molecule has 0 saturated heterocycles. The summed E-state index contributed by atoms with van der Waals surface area (Å²) in [5.41, 5.74) is 0.714. The second-order valence-electron chi connectivity index (χ2n) is 5.13. The van der Waals surface area contributed by atoms with E-state index in [0.717, 1.165) is 0 Å². The number of para-hydroxylation sites is 1. The van der Waals surface area contributed by atoms with Crippen LogP contribution in [-0.2, 0) is 11.3 Å². The van der Waals surface area contributed by atoms with Gasteiger partial charge in [0.1, 0.15) is 17.1 Å². The molecule has 0 aromatic heterocycles. The van der Waals surface area contributed by atoms with Gasteiger partial charge in [0.2, 0.25) is 0 Å². The number of rotatable bonds is 7. The van der Waals surface area contributed by atoms with Crippen LogP contribution in [0.4, 0.5) is 0 Å². The summed E-state index contributed by atoms with van der Waals surface area (Å²) in [6.45, 7) is 1.85. The fourth-order valence-electron chi connectivity index (χ4n) is 2.12. The SMILES string of the molecule is COc1ccc(CNC(=O)[C@H](C)Oc2ccccc2)cc1C(=O)O. The van der Waals surface area contributed by atoms with Crippen molar-refractivity contribution >= 4 is 11.9 Å². The van der Waals surface area contributed by atoms with E-state index in [4.69, 9.17) is 14.6 Å². The molecule has 0 fully saturated rings. The van der Waals surface area contributed by atoms with Crippen LogP contribution in [0.15, 0.2) is 48.5 Å². The van der Waals surface area contributed by atoms with E-state index in [9.17, 15) is 9.59 Å². The predicted molar refractivity (Wildman–Crippen MR) is 88.3 cm³/mol. The average Bonchev–Trinajstić information content (AvgIpc) is 2.60. The minimum absolute atomic E-state index is 0.0535. The van der Waals surface area contributed by atoms with Crippen LogP contribution in [0, 0.1) is 0 Å². The van der Waals surface area contributed by atoms with Gasteiger partial charge in [0.15, 0.2) is 6.10 Å². The minimum atomic E-state index is -1.08. The van der Waals surface area contributed by atoms with Crippen molar-refractivity contribution in [3.63, 3.8) is 0 Å². The number of ether oxygens (including phenoxy) is 2. The van der Waals surface area contributed by atoms with E-state index in [2.05, 4.69) is 5.32 Å². The molecule has 0 aliphatic carbocycles. The van der Waals surface area contributed by atoms with Crippen LogP contribution in [0.1, 0.15) is 22.8 Å². The zero-order chi connectivity index (χ0) is 17.5. The number of aromatic carboxylic acids is 1. The first-order valence-electron chi connectivity index (χ1n) is 7.41. The van der Waals surface area contributed by atoms with Crippen LogP contribution >= 0.6 is 0 Å². The third-order valence-corrected chi connectivity index (χ3v) is 3.39. The molecule has 0 aliphatic heterocycles. The van der Waals surface area contributed by atoms with Crippen molar-refractivity contribution in [1.29, 1.82) is 0 Å². The van der Waals surface area contributed by atoms with Crippen LogP contribution < -0.4 is 14.8 Å². The molecule has 126 valence electrons. The van der Waals surface area contributed by atoms with Gasteiger partial charge in [-0.05, 0) is 36.8 Å². The molecule has 24 heavy (non-hydrogen) atoms. The van der Waals surface area contributed by atoms with Crippen molar-refractivity contribution in [2.45, 2.75) is 19.6 Å². The topological polar surface area (TPSA) is 84.9 Å². The predicted octanol–water partition coefficient (Wildman–Crippen LogP) is 2.48. The largest absolute Gasteiger partial charge is 0.496 e. The van der Waals surface area contributed by atoms with Gasteiger partial charge >= 0.3 is 5.97 Å². The molecular formula is C18H19NO5. The molecule has 6 heteroatoms. The third-order valence-electron chi connectivity index (χ3n) is 3.39. The summed E-state index contributed by atoms with van der Waals surface area (Å²) in [6.07, 6.45) is -0.662. The van der Waals surface area contributed by atoms with E-state index in [1.165, 1.54) is 13.2 Å². The van der Waals surface area contributed by atoms with E-state index in [0.29, 0.717) is 11.3 Å². The molecule has 0 aliphatic rings. The first-order valence-corrected chi connectivity index (χ1v) is 7.41. The summed E-state index contributed by atoms with van der Waals surface area (Å²) in [4.78, 5) is 23.3. The Labute approximate surface area is 140 Å². The molecule has 0 radical (unpaired) electrons. The van der Waals surface area contributed by atoms with Crippen molar-refractivity contribution in [2.75, 3.05) is 7.11 Å². The van der Waals surface area contributed by atoms with Crippen LogP contribution in [0.25, 0.3) is 0 Å². The summed E-state index contributed by atoms with van der Waals surface area (Å²) in [7, 11) is 1.41. The molecule has 2 aromatic rings. The first kappa shape index (κ1) is 17.3. The Bertz CT molecular complexity index is 715. The second kappa shape index (κ2) is 8.01. The normalized spacial score (nSPS) is 11.4. The number of hydrogen-bond acceptors (Lipinski definition) is 4. The van der Waals surface area contributed by atoms with Gasteiger partial charge in [0, 0.05) is 6.54 Å². The van der Waals surface area contributed by atoms with E-state index in [-0.39, 0.29) is 23.8 Å². The van der Waals surface area contributed by atoms with Crippen LogP contribution in [0.5, 0.6) is 11.5 Å². The van der Waals surface area contributed by atoms with Gasteiger partial charge in [-0.1, -0.05) is 24.3 Å². The van der Waals surface area contributed by atoms with Gasteiger partial charge in [-0.3, -0.25) is 4.79 Å². The molecule has 0 bridgehead atoms. The number of methoxy groups -OCH3 is 1. The van der Waals surface area contributed by atoms with Crippen molar-refractivity contribution in [2.24, 2.45) is 0 Å². The lowest BCUT2D eigenvalue weighted by atomic mass is 10.1. The number of nitrogens with one attached hydrogen (secondary N) is 1. The minimum Gasteiger partial charge on any atom is -0.496 e. The Morgan fingerprint density at radius 2 is 1.88 bits per heavy atom. The zero-order valence-electron chi connectivity index (χ0n) is 13.5. The molecule has 0 spiro atoms. The zero-order valence-corrected chi connectivity index (χ0v) is 13.5. The van der Waals surface area contributed by atoms with Crippen molar-refractivity contribution in [3.05, 3.63) is 59.7 Å². The molecule has 1 amide bonds. The Hall–Kier alpha value is -3.02. The van der Waals surface area contributed by atoms with Crippen molar-refractivity contribution in [3.8, 4) is 11.5 Å². The molecule has 2 N–H and O–H groups in total. The maximum absolute atomic E-state index is 12.1. The third kappa shape index (κ3) is 4.49. The van der Waals surface area contributed by atoms with Crippen LogP contribution in [-0.4, -0.2) is 30.2 Å². The number of carbonyl (C=O) groups excluding carboxylic acids is 1. The number of carbonyl (C=O) groups is 2. The lowest BCUT2D eigenvalue weighted by molar-refractivity contribution is -0.127. The van der Waals surface area contributed by atoms with Gasteiger partial charge in [-0.25, -0.2) is 4.79 Å². The monoisotopic (exact) mass is 329 g/mol. The highest BCUT2D eigenvalue weighted by atomic mass is 16.5. The molecule has 0 saturated carbocycles. The Balaban J connectivity index is 1.96. The lowest BCUT2D eigenvalue weighted by Crippen LogP contribution is -2.35. The maximum atomic E-state index is 12.1. The Morgan fingerprint density at radius 1 is 1.17 bits per heavy atom. The quantitative estimate of drug-likeness (QED) is 0.815. The van der Waals surface area contributed by atoms with Crippen molar-refractivity contribution in [1.82, 2.24) is 5.32 Å². The summed E-state index contributed by atoms with van der Waals surface area (Å²) in [5, 5.41) is 11.9. The molecule has 6 nitrogen and oxygen atoms in total. The van der Waals surface area contributed by atoms with Gasteiger partial charge in [0.05, 0.1) is 7.11 Å². The summed E-state index contributed by atoms with van der Waals surface area (Å²) in [6, 6.07) is 13.8. The number of benzene rings is 2. The molecular weight excluding hydrogens is 310 g/mol. The van der Waals surface area contributed by atoms with E-state index in [1.807, 2.05) is 18.2 Å². The molecule has 2 rings (SSSR count). The highest BCUT2D eigenvalue weighted by Gasteiger charge is 2.15. The van der Waals surface area contributed by atoms with Gasteiger partial charge in [-0.2, -0.15) is 0 Å². The Kier molecular flexibility index (Phi) is 5.78. The number of carboxylic acid groups (broad SMARTS) is 1. The lowest BCUT2D eigenvalue weighted by Gasteiger charge is -2.15. The highest BCUT2D eigenvalue weighted by molar-refractivity contribution is 5.91. The molecule has 0 heterocycles. The first-order chi connectivity index (χ1) is 11.5. The number of hydrogen-bond donors (Lipinski definition) is 2. The van der Waals surface area contributed by atoms with Gasteiger partial charge in [-0.15, -0.1) is 0 Å². The number of carboxylic acids is 1. The molecule has 1 atom stereocenters. The molecule has 0 unspecified atom stereocenters. The van der Waals surface area contributed by atoms with Crippen LogP contribution in [0.3, 0.4) is 0 Å². The smallest absolute Gasteiger partial charge is 0.339 e. The Morgan fingerprint density at radius 3 is 2.50 bits per heavy atom. The summed E-state index contributed by atoms with van der Waals surface area (Å²) < 4.78 is 10.5. The standard InChI is InChI=1S/C18H19NO5/c1-12(24-14-6-4-3-5-7-14)17(20)19-11-13-8-9-16(23-2)15(10-13)18(21)22/h3-10,12H,11H2,1-2H3,(H,19,20)(H,21,22)/t12-/m0/s1. The fourth-order valence-corrected chi connectivity index (χ4v) is 2.12. The van der Waals surface area contributed by atoms with Gasteiger partial charge < -0.3 is 19.9 Å². The average molecular weight is 329 g/mol. The summed E-state index contributed by atoms with van der Waals surface area (Å²) in [5.74, 6) is -0.483. The molecule has 2 aromatic carbocycles. The van der Waals surface area contributed by atoms with E-state index < -0.39 is 12.1 Å². The van der Waals surface area contributed by atoms with E-state index >= 15 is 0 Å². The van der Waals surface area contributed by atoms with Gasteiger partial charge in [0.25, 0.3) is 5.91 Å². The fraction of sp³-hybridized carbons (Fsp3) is 0.222. The van der Waals surface area contributed by atoms with Crippen LogP contribution in [0.2, 0.25) is 0 Å². The maximum Gasteiger partial charge on any atom is 0.339 e. The summed E-state index contributed by atoms with van der Waals surface area (Å²) >= 11 is 0.